The molecule has 0 bridgehead atoms. The highest BCUT2D eigenvalue weighted by atomic mass is 16.5. The average molecular weight is 469 g/mol. The fourth-order valence-corrected chi connectivity index (χ4v) is 3.63. The van der Waals surface area contributed by atoms with Crippen molar-refractivity contribution < 1.29 is 14.3 Å². The lowest BCUT2D eigenvalue weighted by atomic mass is 10.1. The number of aromatic nitrogens is 2. The second kappa shape index (κ2) is 12.2. The molecule has 1 aromatic heterocycles. The number of ether oxygens (including phenoxy) is 1. The zero-order chi connectivity index (χ0) is 24.3. The van der Waals surface area contributed by atoms with E-state index in [4.69, 9.17) is 4.74 Å². The van der Waals surface area contributed by atoms with Crippen LogP contribution in [0.25, 0.3) is 0 Å². The third-order valence-electron chi connectivity index (χ3n) is 5.52. The van der Waals surface area contributed by atoms with Crippen LogP contribution >= 0.6 is 0 Å². The van der Waals surface area contributed by atoms with E-state index in [0.717, 1.165) is 28.8 Å². The van der Waals surface area contributed by atoms with Crippen molar-refractivity contribution in [3.05, 3.63) is 126 Å². The Hall–Kier alpha value is -4.39. The summed E-state index contributed by atoms with van der Waals surface area (Å²) in [6.07, 6.45) is 5.17. The van der Waals surface area contributed by atoms with E-state index in [1.54, 1.807) is 12.5 Å². The predicted molar refractivity (Wildman–Crippen MR) is 133 cm³/mol. The summed E-state index contributed by atoms with van der Waals surface area (Å²) in [6, 6.07) is 26.3. The first kappa shape index (κ1) is 23.8. The highest BCUT2D eigenvalue weighted by molar-refractivity contribution is 5.85. The Balaban J connectivity index is 1.33. The number of nitrogens with zero attached hydrogens (tertiary/aromatic N) is 2. The molecule has 2 N–H and O–H groups in total. The minimum absolute atomic E-state index is 0.137. The summed E-state index contributed by atoms with van der Waals surface area (Å²) in [6.45, 7) is 1.23. The molecule has 1 atom stereocenters. The Labute approximate surface area is 204 Å². The van der Waals surface area contributed by atoms with E-state index in [0.29, 0.717) is 13.0 Å². The second-order valence-corrected chi connectivity index (χ2v) is 8.22. The number of imidazole rings is 1. The molecule has 2 amide bonds. The van der Waals surface area contributed by atoms with Crippen LogP contribution in [-0.2, 0) is 35.6 Å². The van der Waals surface area contributed by atoms with Gasteiger partial charge in [0.15, 0.2) is 0 Å². The summed E-state index contributed by atoms with van der Waals surface area (Å²) in [7, 11) is 0. The highest BCUT2D eigenvalue weighted by Crippen LogP contribution is 2.08. The van der Waals surface area contributed by atoms with Crippen LogP contribution in [0.1, 0.15) is 22.3 Å². The van der Waals surface area contributed by atoms with Crippen molar-refractivity contribution in [1.29, 1.82) is 0 Å². The Bertz CT molecular complexity index is 1190. The van der Waals surface area contributed by atoms with Gasteiger partial charge in [0.25, 0.3) is 0 Å². The van der Waals surface area contributed by atoms with Gasteiger partial charge in [-0.3, -0.25) is 4.79 Å². The zero-order valence-electron chi connectivity index (χ0n) is 19.3. The summed E-state index contributed by atoms with van der Waals surface area (Å²) in [4.78, 5) is 29.5. The van der Waals surface area contributed by atoms with Crippen LogP contribution in [0.5, 0.6) is 0 Å². The van der Waals surface area contributed by atoms with Gasteiger partial charge in [-0.2, -0.15) is 0 Å². The molecule has 4 aromatic rings. The Morgan fingerprint density at radius 1 is 0.829 bits per heavy atom. The van der Waals surface area contributed by atoms with E-state index in [1.165, 1.54) is 0 Å². The van der Waals surface area contributed by atoms with Crippen LogP contribution < -0.4 is 10.6 Å². The number of rotatable bonds is 10. The van der Waals surface area contributed by atoms with Crippen molar-refractivity contribution in [3.63, 3.8) is 0 Å². The number of hydrogen-bond donors (Lipinski definition) is 2. The molecular weight excluding hydrogens is 440 g/mol. The standard InChI is InChI=1S/C28H28N4O3/c33-27(30-18-23-11-13-24(14-12-23)19-32-16-15-29-21-32)26(17-22-7-3-1-4-8-22)31-28(34)35-20-25-9-5-2-6-10-25/h1-16,21,26H,17-20H2,(H,30,33)(H,31,34)/t26-/m0/s1. The maximum atomic E-state index is 13.0. The van der Waals surface area contributed by atoms with E-state index in [2.05, 4.69) is 15.6 Å². The quantitative estimate of drug-likeness (QED) is 0.367. The van der Waals surface area contributed by atoms with Crippen molar-refractivity contribution in [2.45, 2.75) is 32.2 Å². The van der Waals surface area contributed by atoms with Crippen LogP contribution in [0.15, 0.2) is 104 Å². The van der Waals surface area contributed by atoms with E-state index in [-0.39, 0.29) is 12.5 Å². The van der Waals surface area contributed by atoms with Crippen molar-refractivity contribution in [2.24, 2.45) is 0 Å². The molecule has 0 saturated heterocycles. The van der Waals surface area contributed by atoms with Gasteiger partial charge < -0.3 is 19.9 Å². The van der Waals surface area contributed by atoms with Gasteiger partial charge in [-0.1, -0.05) is 84.9 Å². The molecule has 0 saturated carbocycles. The van der Waals surface area contributed by atoms with Crippen LogP contribution in [-0.4, -0.2) is 27.6 Å². The van der Waals surface area contributed by atoms with E-state index >= 15 is 0 Å². The molecule has 0 aliphatic rings. The van der Waals surface area contributed by atoms with Gasteiger partial charge in [-0.15, -0.1) is 0 Å². The van der Waals surface area contributed by atoms with Gasteiger partial charge in [0.1, 0.15) is 12.6 Å². The van der Waals surface area contributed by atoms with Gasteiger partial charge >= 0.3 is 6.09 Å². The Morgan fingerprint density at radius 3 is 2.14 bits per heavy atom. The molecule has 0 radical (unpaired) electrons. The molecule has 0 aliphatic heterocycles. The lowest BCUT2D eigenvalue weighted by Crippen LogP contribution is -2.48. The molecule has 1 heterocycles. The third kappa shape index (κ3) is 7.57. The monoisotopic (exact) mass is 468 g/mol. The number of carbonyl (C=O) groups is 2. The average Bonchev–Trinajstić information content (AvgIpc) is 3.41. The van der Waals surface area contributed by atoms with Crippen molar-refractivity contribution in [3.8, 4) is 0 Å². The molecular formula is C28H28N4O3. The maximum Gasteiger partial charge on any atom is 0.408 e. The minimum atomic E-state index is -0.763. The van der Waals surface area contributed by atoms with Gasteiger partial charge in [0.2, 0.25) is 5.91 Å². The van der Waals surface area contributed by atoms with Gasteiger partial charge in [0, 0.05) is 31.9 Å². The molecule has 0 unspecified atom stereocenters. The van der Waals surface area contributed by atoms with E-state index in [1.807, 2.05) is 95.7 Å². The molecule has 0 aliphatic carbocycles. The molecule has 7 nitrogen and oxygen atoms in total. The molecule has 4 rings (SSSR count). The van der Waals surface area contributed by atoms with Gasteiger partial charge in [0.05, 0.1) is 6.33 Å². The number of nitrogens with one attached hydrogen (secondary N) is 2. The first-order valence-corrected chi connectivity index (χ1v) is 11.5. The second-order valence-electron chi connectivity index (χ2n) is 8.22. The number of hydrogen-bond acceptors (Lipinski definition) is 4. The van der Waals surface area contributed by atoms with Crippen LogP contribution in [0.3, 0.4) is 0 Å². The Morgan fingerprint density at radius 2 is 1.49 bits per heavy atom. The van der Waals surface area contributed by atoms with Crippen LogP contribution in [0, 0.1) is 0 Å². The summed E-state index contributed by atoms with van der Waals surface area (Å²) in [5, 5.41) is 5.66. The Kier molecular flexibility index (Phi) is 8.27. The summed E-state index contributed by atoms with van der Waals surface area (Å²) >= 11 is 0. The SMILES string of the molecule is O=C(N[C@@H](Cc1ccccc1)C(=O)NCc1ccc(Cn2ccnc2)cc1)OCc1ccccc1. The minimum Gasteiger partial charge on any atom is -0.445 e. The zero-order valence-corrected chi connectivity index (χ0v) is 19.3. The number of amides is 2. The topological polar surface area (TPSA) is 85.3 Å². The van der Waals surface area contributed by atoms with Gasteiger partial charge in [-0.05, 0) is 22.3 Å². The summed E-state index contributed by atoms with van der Waals surface area (Å²) < 4.78 is 7.32. The predicted octanol–water partition coefficient (Wildman–Crippen LogP) is 4.09. The van der Waals surface area contributed by atoms with E-state index < -0.39 is 12.1 Å². The molecule has 178 valence electrons. The lowest BCUT2D eigenvalue weighted by molar-refractivity contribution is -0.123. The van der Waals surface area contributed by atoms with Crippen molar-refractivity contribution in [2.75, 3.05) is 0 Å². The first-order chi connectivity index (χ1) is 17.2. The third-order valence-corrected chi connectivity index (χ3v) is 5.52. The maximum absolute atomic E-state index is 13.0. The lowest BCUT2D eigenvalue weighted by Gasteiger charge is -2.19. The number of benzene rings is 3. The summed E-state index contributed by atoms with van der Waals surface area (Å²) in [5.74, 6) is -0.270. The largest absolute Gasteiger partial charge is 0.445 e. The summed E-state index contributed by atoms with van der Waals surface area (Å²) in [5.41, 5.74) is 3.93. The van der Waals surface area contributed by atoms with Crippen molar-refractivity contribution in [1.82, 2.24) is 20.2 Å². The molecule has 0 fully saturated rings. The highest BCUT2D eigenvalue weighted by Gasteiger charge is 2.22. The van der Waals surface area contributed by atoms with Crippen molar-refractivity contribution >= 4 is 12.0 Å². The molecule has 7 heteroatoms. The molecule has 0 spiro atoms. The van der Waals surface area contributed by atoms with Crippen LogP contribution in [0.2, 0.25) is 0 Å². The molecule has 35 heavy (non-hydrogen) atoms. The first-order valence-electron chi connectivity index (χ1n) is 11.5. The van der Waals surface area contributed by atoms with Gasteiger partial charge in [-0.25, -0.2) is 9.78 Å². The number of alkyl carbamates (subject to hydrolysis) is 1. The normalized spacial score (nSPS) is 11.4. The fourth-order valence-electron chi connectivity index (χ4n) is 3.63. The van der Waals surface area contributed by atoms with E-state index in [9.17, 15) is 9.59 Å². The number of carbonyl (C=O) groups excluding carboxylic acids is 2. The smallest absolute Gasteiger partial charge is 0.408 e. The molecule has 3 aromatic carbocycles. The fraction of sp³-hybridized carbons (Fsp3) is 0.179. The van der Waals surface area contributed by atoms with Crippen LogP contribution in [0.4, 0.5) is 4.79 Å².